The van der Waals surface area contributed by atoms with Gasteiger partial charge in [-0.25, -0.2) is 14.8 Å². The van der Waals surface area contributed by atoms with E-state index in [-0.39, 0.29) is 12.2 Å². The monoisotopic (exact) mass is 237 g/mol. The van der Waals surface area contributed by atoms with Gasteiger partial charge in [-0.15, -0.1) is 0 Å². The van der Waals surface area contributed by atoms with Gasteiger partial charge in [-0.1, -0.05) is 0 Å². The lowest BCUT2D eigenvalue weighted by molar-refractivity contribution is 0.0693. The second-order valence-electron chi connectivity index (χ2n) is 4.26. The number of hydrogen-bond acceptors (Lipinski definition) is 5. The fraction of sp³-hybridized carbons (Fsp3) is 0.545. The molecule has 1 saturated heterocycles. The van der Waals surface area contributed by atoms with Crippen molar-refractivity contribution in [3.63, 3.8) is 0 Å². The van der Waals surface area contributed by atoms with Gasteiger partial charge in [0.1, 0.15) is 11.9 Å². The number of likely N-dealkylation sites (tertiary alicyclic amines) is 1. The molecule has 0 radical (unpaired) electrons. The first-order chi connectivity index (χ1) is 8.20. The van der Waals surface area contributed by atoms with Crippen LogP contribution in [0.25, 0.3) is 0 Å². The summed E-state index contributed by atoms with van der Waals surface area (Å²) < 4.78 is 0. The van der Waals surface area contributed by atoms with E-state index in [0.29, 0.717) is 18.2 Å². The fourth-order valence-electron chi connectivity index (χ4n) is 2.08. The summed E-state index contributed by atoms with van der Waals surface area (Å²) in [6, 6.07) is 0. The molecule has 1 fully saturated rings. The molecule has 1 unspecified atom stereocenters. The van der Waals surface area contributed by atoms with Crippen molar-refractivity contribution in [2.45, 2.75) is 13.0 Å². The highest BCUT2D eigenvalue weighted by atomic mass is 16.4. The number of aromatic nitrogens is 2. The Hall–Kier alpha value is -1.53. The normalized spacial score (nSPS) is 20.6. The molecule has 1 atom stereocenters. The molecule has 0 spiro atoms. The molecule has 6 heteroatoms. The van der Waals surface area contributed by atoms with Crippen LogP contribution in [0.15, 0.2) is 12.5 Å². The first-order valence-corrected chi connectivity index (χ1v) is 5.56. The molecule has 2 N–H and O–H groups in total. The standard InChI is InChI=1S/C11H15N3O3/c15-6-8-1-2-14(4-8)5-10-9(11(16)17)3-12-7-13-10/h3,7-8,15H,1-2,4-6H2,(H,16,17). The Bertz CT molecular complexity index is 411. The lowest BCUT2D eigenvalue weighted by atomic mass is 10.1. The zero-order chi connectivity index (χ0) is 12.3. The summed E-state index contributed by atoms with van der Waals surface area (Å²) in [5, 5.41) is 18.0. The summed E-state index contributed by atoms with van der Waals surface area (Å²) in [7, 11) is 0. The zero-order valence-electron chi connectivity index (χ0n) is 9.41. The largest absolute Gasteiger partial charge is 0.478 e. The van der Waals surface area contributed by atoms with Gasteiger partial charge in [-0.05, 0) is 18.9 Å². The quantitative estimate of drug-likeness (QED) is 0.766. The minimum Gasteiger partial charge on any atom is -0.478 e. The SMILES string of the molecule is O=C(O)c1cncnc1CN1CCC(CO)C1. The van der Waals surface area contributed by atoms with Gasteiger partial charge < -0.3 is 10.2 Å². The number of aromatic carboxylic acids is 1. The van der Waals surface area contributed by atoms with Crippen molar-refractivity contribution in [3.8, 4) is 0 Å². The maximum Gasteiger partial charge on any atom is 0.339 e. The van der Waals surface area contributed by atoms with Crippen molar-refractivity contribution >= 4 is 5.97 Å². The van der Waals surface area contributed by atoms with Crippen LogP contribution < -0.4 is 0 Å². The van der Waals surface area contributed by atoms with Gasteiger partial charge in [0.2, 0.25) is 0 Å². The molecule has 0 amide bonds. The van der Waals surface area contributed by atoms with Crippen LogP contribution in [0, 0.1) is 5.92 Å². The van der Waals surface area contributed by atoms with Gasteiger partial charge in [0, 0.05) is 25.9 Å². The summed E-state index contributed by atoms with van der Waals surface area (Å²) in [6.07, 6.45) is 3.63. The van der Waals surface area contributed by atoms with Crippen molar-refractivity contribution in [2.24, 2.45) is 5.92 Å². The third kappa shape index (κ3) is 2.78. The van der Waals surface area contributed by atoms with Crippen molar-refractivity contribution in [3.05, 3.63) is 23.8 Å². The van der Waals surface area contributed by atoms with Crippen LogP contribution in [0.3, 0.4) is 0 Å². The van der Waals surface area contributed by atoms with Gasteiger partial charge in [-0.3, -0.25) is 4.90 Å². The molecule has 6 nitrogen and oxygen atoms in total. The second-order valence-corrected chi connectivity index (χ2v) is 4.26. The molecule has 2 heterocycles. The summed E-state index contributed by atoms with van der Waals surface area (Å²) >= 11 is 0. The molecular formula is C11H15N3O3. The molecule has 0 aromatic carbocycles. The predicted molar refractivity (Wildman–Crippen MR) is 59.5 cm³/mol. The molecule has 0 aliphatic carbocycles. The minimum absolute atomic E-state index is 0.153. The molecule has 1 aromatic rings. The van der Waals surface area contributed by atoms with E-state index in [2.05, 4.69) is 14.9 Å². The van der Waals surface area contributed by atoms with Crippen LogP contribution in [0.2, 0.25) is 0 Å². The zero-order valence-corrected chi connectivity index (χ0v) is 9.41. The first-order valence-electron chi connectivity index (χ1n) is 5.56. The Kier molecular flexibility index (Phi) is 3.65. The lowest BCUT2D eigenvalue weighted by Gasteiger charge is -2.15. The van der Waals surface area contributed by atoms with Crippen LogP contribution in [0.1, 0.15) is 22.5 Å². The third-order valence-corrected chi connectivity index (χ3v) is 3.03. The van der Waals surface area contributed by atoms with E-state index in [0.717, 1.165) is 19.5 Å². The van der Waals surface area contributed by atoms with E-state index in [1.54, 1.807) is 0 Å². The maximum absolute atomic E-state index is 11.0. The number of aliphatic hydroxyl groups is 1. The Labute approximate surface area is 98.9 Å². The topological polar surface area (TPSA) is 86.5 Å². The van der Waals surface area contributed by atoms with E-state index < -0.39 is 5.97 Å². The summed E-state index contributed by atoms with van der Waals surface area (Å²) in [5.41, 5.74) is 0.686. The summed E-state index contributed by atoms with van der Waals surface area (Å²) in [4.78, 5) is 20.8. The fourth-order valence-corrected chi connectivity index (χ4v) is 2.08. The average Bonchev–Trinajstić information content (AvgIpc) is 2.77. The van der Waals surface area contributed by atoms with E-state index in [9.17, 15) is 4.79 Å². The molecule has 17 heavy (non-hydrogen) atoms. The highest BCUT2D eigenvalue weighted by Crippen LogP contribution is 2.18. The molecule has 2 rings (SSSR count). The van der Waals surface area contributed by atoms with Gasteiger partial charge in [0.25, 0.3) is 0 Å². The number of hydrogen-bond donors (Lipinski definition) is 2. The highest BCUT2D eigenvalue weighted by Gasteiger charge is 2.23. The van der Waals surface area contributed by atoms with Crippen LogP contribution in [-0.4, -0.2) is 50.7 Å². The average molecular weight is 237 g/mol. The van der Waals surface area contributed by atoms with E-state index >= 15 is 0 Å². The Morgan fingerprint density at radius 1 is 1.59 bits per heavy atom. The minimum atomic E-state index is -1.00. The Balaban J connectivity index is 2.06. The molecule has 1 aliphatic heterocycles. The van der Waals surface area contributed by atoms with Crippen LogP contribution in [-0.2, 0) is 6.54 Å². The van der Waals surface area contributed by atoms with Crippen molar-refractivity contribution in [1.29, 1.82) is 0 Å². The van der Waals surface area contributed by atoms with Crippen molar-refractivity contribution < 1.29 is 15.0 Å². The first kappa shape index (κ1) is 11.9. The molecule has 1 aromatic heterocycles. The molecule has 0 saturated carbocycles. The van der Waals surface area contributed by atoms with Gasteiger partial charge >= 0.3 is 5.97 Å². The number of aliphatic hydroxyl groups excluding tert-OH is 1. The Morgan fingerprint density at radius 3 is 3.06 bits per heavy atom. The van der Waals surface area contributed by atoms with E-state index in [1.807, 2.05) is 0 Å². The molecule has 1 aliphatic rings. The van der Waals surface area contributed by atoms with Crippen LogP contribution >= 0.6 is 0 Å². The lowest BCUT2D eigenvalue weighted by Crippen LogP contribution is -2.23. The van der Waals surface area contributed by atoms with Crippen LogP contribution in [0.4, 0.5) is 0 Å². The van der Waals surface area contributed by atoms with Gasteiger partial charge in [0.05, 0.1) is 5.69 Å². The van der Waals surface area contributed by atoms with Gasteiger partial charge in [-0.2, -0.15) is 0 Å². The van der Waals surface area contributed by atoms with Crippen LogP contribution in [0.5, 0.6) is 0 Å². The van der Waals surface area contributed by atoms with Gasteiger partial charge in [0.15, 0.2) is 0 Å². The number of carboxylic acids is 1. The summed E-state index contributed by atoms with van der Waals surface area (Å²) in [6.45, 7) is 2.35. The molecular weight excluding hydrogens is 222 g/mol. The number of nitrogens with zero attached hydrogens (tertiary/aromatic N) is 3. The number of carboxylic acid groups (broad SMARTS) is 1. The highest BCUT2D eigenvalue weighted by molar-refractivity contribution is 5.88. The van der Waals surface area contributed by atoms with Crippen molar-refractivity contribution in [2.75, 3.05) is 19.7 Å². The van der Waals surface area contributed by atoms with Crippen molar-refractivity contribution in [1.82, 2.24) is 14.9 Å². The number of carbonyl (C=O) groups is 1. The maximum atomic E-state index is 11.0. The summed E-state index contributed by atoms with van der Waals surface area (Å²) in [5.74, 6) is -0.705. The Morgan fingerprint density at radius 2 is 2.41 bits per heavy atom. The number of rotatable bonds is 4. The molecule has 92 valence electrons. The smallest absolute Gasteiger partial charge is 0.339 e. The third-order valence-electron chi connectivity index (χ3n) is 3.03. The van der Waals surface area contributed by atoms with E-state index in [1.165, 1.54) is 12.5 Å². The second kappa shape index (κ2) is 5.20. The predicted octanol–water partition coefficient (Wildman–Crippen LogP) is -0.0110. The molecule has 0 bridgehead atoms. The van der Waals surface area contributed by atoms with E-state index in [4.69, 9.17) is 10.2 Å².